The Labute approximate surface area is 140 Å². The van der Waals surface area contributed by atoms with Crippen molar-refractivity contribution in [2.45, 2.75) is 32.8 Å². The summed E-state index contributed by atoms with van der Waals surface area (Å²) in [7, 11) is 0. The molecule has 3 rings (SSSR count). The molecule has 0 amide bonds. The Morgan fingerprint density at radius 3 is 2.78 bits per heavy atom. The predicted octanol–water partition coefficient (Wildman–Crippen LogP) is 2.42. The summed E-state index contributed by atoms with van der Waals surface area (Å²) in [5, 5.41) is 19.9. The number of aliphatic hydroxyl groups is 1. The molecule has 3 heterocycles. The van der Waals surface area contributed by atoms with Gasteiger partial charge in [0.1, 0.15) is 0 Å². The first-order valence-corrected chi connectivity index (χ1v) is 8.86. The van der Waals surface area contributed by atoms with Crippen LogP contribution in [0.4, 0.5) is 5.82 Å². The highest BCUT2D eigenvalue weighted by Gasteiger charge is 2.20. The minimum absolute atomic E-state index is 0.0276. The largest absolute Gasteiger partial charge is 0.470 e. The average molecular weight is 334 g/mol. The van der Waals surface area contributed by atoms with Crippen molar-refractivity contribution in [1.29, 1.82) is 0 Å². The molecule has 0 saturated carbocycles. The molecule has 0 bridgehead atoms. The summed E-state index contributed by atoms with van der Waals surface area (Å²) >= 11 is 1.44. The highest BCUT2D eigenvalue weighted by Crippen LogP contribution is 2.25. The fourth-order valence-electron chi connectivity index (χ4n) is 2.75. The standard InChI is InChI=1S/C16H22N4O2S/c1-12-2-3-15(19-18-12)20-7-4-13(5-8-20)6-9-22-16-17-14(10-21)11-23-16/h2-3,11,13,21H,4-10H2,1H3. The van der Waals surface area contributed by atoms with E-state index >= 15 is 0 Å². The number of nitrogens with zero attached hydrogens (tertiary/aromatic N) is 4. The van der Waals surface area contributed by atoms with Crippen molar-refractivity contribution in [2.24, 2.45) is 5.92 Å². The quantitative estimate of drug-likeness (QED) is 0.875. The molecule has 6 nitrogen and oxygen atoms in total. The summed E-state index contributed by atoms with van der Waals surface area (Å²) in [6.07, 6.45) is 3.35. The van der Waals surface area contributed by atoms with Crippen LogP contribution in [-0.2, 0) is 6.61 Å². The van der Waals surface area contributed by atoms with E-state index in [0.717, 1.165) is 43.9 Å². The summed E-state index contributed by atoms with van der Waals surface area (Å²) in [6, 6.07) is 4.06. The molecule has 124 valence electrons. The third kappa shape index (κ3) is 4.39. The molecule has 1 fully saturated rings. The van der Waals surface area contributed by atoms with Gasteiger partial charge in [0, 0.05) is 18.5 Å². The lowest BCUT2D eigenvalue weighted by Gasteiger charge is -2.32. The minimum Gasteiger partial charge on any atom is -0.470 e. The van der Waals surface area contributed by atoms with Gasteiger partial charge in [-0.3, -0.25) is 0 Å². The average Bonchev–Trinajstić information content (AvgIpc) is 3.04. The SMILES string of the molecule is Cc1ccc(N2CCC(CCOc3nc(CO)cs3)CC2)nn1. The number of aromatic nitrogens is 3. The van der Waals surface area contributed by atoms with Crippen LogP contribution in [0.2, 0.25) is 0 Å². The summed E-state index contributed by atoms with van der Waals surface area (Å²) in [6.45, 7) is 4.66. The maximum atomic E-state index is 8.99. The Kier molecular flexibility index (Phi) is 5.40. The molecule has 0 unspecified atom stereocenters. The molecule has 2 aromatic heterocycles. The molecule has 1 aliphatic heterocycles. The van der Waals surface area contributed by atoms with Gasteiger partial charge in [-0.15, -0.1) is 5.10 Å². The molecule has 1 N–H and O–H groups in total. The van der Waals surface area contributed by atoms with Gasteiger partial charge in [-0.05, 0) is 44.2 Å². The maximum Gasteiger partial charge on any atom is 0.273 e. The van der Waals surface area contributed by atoms with Gasteiger partial charge in [0.2, 0.25) is 0 Å². The number of aliphatic hydroxyl groups excluding tert-OH is 1. The van der Waals surface area contributed by atoms with Gasteiger partial charge < -0.3 is 14.7 Å². The number of piperidine rings is 1. The summed E-state index contributed by atoms with van der Waals surface area (Å²) in [5.74, 6) is 1.66. The van der Waals surface area contributed by atoms with Crippen LogP contribution >= 0.6 is 11.3 Å². The molecule has 0 aromatic carbocycles. The molecule has 0 radical (unpaired) electrons. The van der Waals surface area contributed by atoms with Gasteiger partial charge in [-0.25, -0.2) is 4.98 Å². The fraction of sp³-hybridized carbons (Fsp3) is 0.562. The van der Waals surface area contributed by atoms with Crippen molar-refractivity contribution in [3.05, 3.63) is 28.9 Å². The van der Waals surface area contributed by atoms with Crippen LogP contribution in [0.25, 0.3) is 0 Å². The first-order valence-electron chi connectivity index (χ1n) is 7.98. The van der Waals surface area contributed by atoms with Gasteiger partial charge >= 0.3 is 0 Å². The van der Waals surface area contributed by atoms with E-state index in [1.54, 1.807) is 0 Å². The Bertz CT molecular complexity index is 609. The number of ether oxygens (including phenoxy) is 1. The van der Waals surface area contributed by atoms with Gasteiger partial charge in [-0.2, -0.15) is 5.10 Å². The van der Waals surface area contributed by atoms with Crippen LogP contribution in [0.1, 0.15) is 30.7 Å². The van der Waals surface area contributed by atoms with Crippen LogP contribution < -0.4 is 9.64 Å². The maximum absolute atomic E-state index is 8.99. The molecule has 1 saturated heterocycles. The van der Waals surface area contributed by atoms with E-state index in [0.29, 0.717) is 23.4 Å². The van der Waals surface area contributed by atoms with Crippen molar-refractivity contribution in [3.63, 3.8) is 0 Å². The van der Waals surface area contributed by atoms with Gasteiger partial charge in [0.25, 0.3) is 5.19 Å². The first-order chi connectivity index (χ1) is 11.2. The Morgan fingerprint density at radius 2 is 2.13 bits per heavy atom. The molecule has 0 spiro atoms. The first kappa shape index (κ1) is 16.1. The van der Waals surface area contributed by atoms with E-state index in [9.17, 15) is 0 Å². The van der Waals surface area contributed by atoms with Crippen molar-refractivity contribution >= 4 is 17.2 Å². The monoisotopic (exact) mass is 334 g/mol. The Balaban J connectivity index is 1.39. The smallest absolute Gasteiger partial charge is 0.273 e. The molecular weight excluding hydrogens is 312 g/mol. The zero-order valence-electron chi connectivity index (χ0n) is 13.3. The van der Waals surface area contributed by atoms with Gasteiger partial charge in [0.15, 0.2) is 5.82 Å². The van der Waals surface area contributed by atoms with Crippen molar-refractivity contribution in [1.82, 2.24) is 15.2 Å². The van der Waals surface area contributed by atoms with Crippen LogP contribution in [-0.4, -0.2) is 40.0 Å². The third-order valence-corrected chi connectivity index (χ3v) is 4.97. The second-order valence-electron chi connectivity index (χ2n) is 5.86. The molecule has 23 heavy (non-hydrogen) atoms. The zero-order chi connectivity index (χ0) is 16.1. The number of hydrogen-bond acceptors (Lipinski definition) is 7. The lowest BCUT2D eigenvalue weighted by molar-refractivity contribution is 0.252. The van der Waals surface area contributed by atoms with Crippen molar-refractivity contribution in [3.8, 4) is 5.19 Å². The second-order valence-corrected chi connectivity index (χ2v) is 6.68. The van der Waals surface area contributed by atoms with Crippen LogP contribution in [0, 0.1) is 12.8 Å². The lowest BCUT2D eigenvalue weighted by atomic mass is 9.94. The van der Waals surface area contributed by atoms with Crippen molar-refractivity contribution in [2.75, 3.05) is 24.6 Å². The van der Waals surface area contributed by atoms with E-state index < -0.39 is 0 Å². The predicted molar refractivity (Wildman–Crippen MR) is 89.9 cm³/mol. The normalized spacial score (nSPS) is 15.8. The molecule has 7 heteroatoms. The highest BCUT2D eigenvalue weighted by atomic mass is 32.1. The Hall–Kier alpha value is -1.73. The highest BCUT2D eigenvalue weighted by molar-refractivity contribution is 7.11. The number of anilines is 1. The summed E-state index contributed by atoms with van der Waals surface area (Å²) in [4.78, 5) is 6.50. The molecule has 0 atom stereocenters. The second kappa shape index (κ2) is 7.70. The summed E-state index contributed by atoms with van der Waals surface area (Å²) in [5.41, 5.74) is 1.63. The fourth-order valence-corrected chi connectivity index (χ4v) is 3.44. The molecule has 0 aliphatic carbocycles. The van der Waals surface area contributed by atoms with E-state index in [-0.39, 0.29) is 6.61 Å². The van der Waals surface area contributed by atoms with E-state index in [2.05, 4.69) is 20.1 Å². The number of rotatable bonds is 6. The molecule has 2 aromatic rings. The van der Waals surface area contributed by atoms with Crippen LogP contribution in [0.15, 0.2) is 17.5 Å². The van der Waals surface area contributed by atoms with Crippen molar-refractivity contribution < 1.29 is 9.84 Å². The summed E-state index contributed by atoms with van der Waals surface area (Å²) < 4.78 is 5.68. The number of hydrogen-bond donors (Lipinski definition) is 1. The minimum atomic E-state index is -0.0276. The molecule has 1 aliphatic rings. The number of thiazole rings is 1. The Morgan fingerprint density at radius 1 is 1.30 bits per heavy atom. The topological polar surface area (TPSA) is 71.4 Å². The number of aryl methyl sites for hydroxylation is 1. The zero-order valence-corrected chi connectivity index (χ0v) is 14.1. The van der Waals surface area contributed by atoms with E-state index in [1.807, 2.05) is 24.4 Å². The van der Waals surface area contributed by atoms with E-state index in [4.69, 9.17) is 9.84 Å². The lowest BCUT2D eigenvalue weighted by Crippen LogP contribution is -2.34. The van der Waals surface area contributed by atoms with E-state index in [1.165, 1.54) is 11.3 Å². The van der Waals surface area contributed by atoms with Crippen LogP contribution in [0.5, 0.6) is 5.19 Å². The third-order valence-electron chi connectivity index (χ3n) is 4.17. The van der Waals surface area contributed by atoms with Gasteiger partial charge in [-0.1, -0.05) is 11.3 Å². The van der Waals surface area contributed by atoms with Gasteiger partial charge in [0.05, 0.1) is 24.6 Å². The molecular formula is C16H22N4O2S. The van der Waals surface area contributed by atoms with Crippen LogP contribution in [0.3, 0.4) is 0 Å².